The molecule has 0 bridgehead atoms. The molecule has 2 atom stereocenters. The highest BCUT2D eigenvalue weighted by atomic mass is 16.5. The summed E-state index contributed by atoms with van der Waals surface area (Å²) in [6.45, 7) is -0.209. The zero-order chi connectivity index (χ0) is 17.8. The summed E-state index contributed by atoms with van der Waals surface area (Å²) in [7, 11) is 0. The zero-order valence-electron chi connectivity index (χ0n) is 13.4. The summed E-state index contributed by atoms with van der Waals surface area (Å²) in [5, 5.41) is 16.0. The molecule has 2 aromatic carbocycles. The van der Waals surface area contributed by atoms with Crippen LogP contribution in [0.15, 0.2) is 42.5 Å². The van der Waals surface area contributed by atoms with Gasteiger partial charge in [0.25, 0.3) is 0 Å². The molecule has 3 rings (SSSR count). The third-order valence-corrected chi connectivity index (χ3v) is 4.07. The van der Waals surface area contributed by atoms with Crippen LogP contribution in [0.5, 0.6) is 0 Å². The summed E-state index contributed by atoms with van der Waals surface area (Å²) in [5.41, 5.74) is 0.667. The van der Waals surface area contributed by atoms with Crippen molar-refractivity contribution in [2.24, 2.45) is 0 Å². The number of carboxylic acids is 1. The van der Waals surface area contributed by atoms with Gasteiger partial charge in [-0.15, -0.1) is 0 Å². The Bertz CT molecular complexity index is 815. The summed E-state index contributed by atoms with van der Waals surface area (Å²) in [5.74, 6) is -1.92. The predicted molar refractivity (Wildman–Crippen MR) is 91.1 cm³/mol. The quantitative estimate of drug-likeness (QED) is 0.764. The highest BCUT2D eigenvalue weighted by Gasteiger charge is 2.34. The molecular weight excluding hydrogens is 324 g/mol. The third-order valence-electron chi connectivity index (χ3n) is 4.07. The predicted octanol–water partition coefficient (Wildman–Crippen LogP) is 1.53. The number of aliphatic carboxylic acids is 1. The summed E-state index contributed by atoms with van der Waals surface area (Å²) < 4.78 is 5.15. The lowest BCUT2D eigenvalue weighted by atomic mass is 10.1. The molecule has 25 heavy (non-hydrogen) atoms. The van der Waals surface area contributed by atoms with Crippen LogP contribution < -0.4 is 10.6 Å². The molecule has 1 heterocycles. The van der Waals surface area contributed by atoms with Gasteiger partial charge in [0.2, 0.25) is 11.8 Å². The Kier molecular flexibility index (Phi) is 4.95. The van der Waals surface area contributed by atoms with E-state index in [1.165, 1.54) is 0 Å². The van der Waals surface area contributed by atoms with Gasteiger partial charge in [0.15, 0.2) is 6.10 Å². The number of hydrogen-bond acceptors (Lipinski definition) is 4. The first-order chi connectivity index (χ1) is 12.0. The van der Waals surface area contributed by atoms with Gasteiger partial charge in [-0.3, -0.25) is 9.59 Å². The standard InChI is InChI=1S/C18H18N2O5/c21-16(10-19-17(22)14-8-9-15(25-14)18(23)24)20-13-7-3-5-11-4-1-2-6-12(11)13/h1-7,14-15H,8-10H2,(H,19,22)(H,20,21)(H,23,24)/t14-,15+/m0/s1. The molecule has 1 fully saturated rings. The van der Waals surface area contributed by atoms with Crippen molar-refractivity contribution >= 4 is 34.2 Å². The average Bonchev–Trinajstić information content (AvgIpc) is 3.10. The van der Waals surface area contributed by atoms with E-state index in [0.717, 1.165) is 10.8 Å². The van der Waals surface area contributed by atoms with Crippen LogP contribution in [-0.4, -0.2) is 41.6 Å². The number of fused-ring (bicyclic) bond motifs is 1. The second-order valence-electron chi connectivity index (χ2n) is 5.82. The number of anilines is 1. The van der Waals surface area contributed by atoms with E-state index in [4.69, 9.17) is 9.84 Å². The molecule has 0 aliphatic carbocycles. The van der Waals surface area contributed by atoms with E-state index in [2.05, 4.69) is 10.6 Å². The minimum Gasteiger partial charge on any atom is -0.479 e. The fourth-order valence-electron chi connectivity index (χ4n) is 2.82. The average molecular weight is 342 g/mol. The zero-order valence-corrected chi connectivity index (χ0v) is 13.4. The Morgan fingerprint density at radius 2 is 1.76 bits per heavy atom. The van der Waals surface area contributed by atoms with E-state index < -0.39 is 24.1 Å². The number of nitrogens with one attached hydrogen (secondary N) is 2. The second kappa shape index (κ2) is 7.31. The highest BCUT2D eigenvalue weighted by Crippen LogP contribution is 2.23. The van der Waals surface area contributed by atoms with E-state index in [-0.39, 0.29) is 18.9 Å². The van der Waals surface area contributed by atoms with Gasteiger partial charge >= 0.3 is 5.97 Å². The van der Waals surface area contributed by atoms with E-state index in [1.54, 1.807) is 6.07 Å². The van der Waals surface area contributed by atoms with Crippen molar-refractivity contribution in [1.82, 2.24) is 5.32 Å². The van der Waals surface area contributed by atoms with Gasteiger partial charge in [-0.05, 0) is 24.3 Å². The van der Waals surface area contributed by atoms with E-state index in [0.29, 0.717) is 12.1 Å². The fourth-order valence-corrected chi connectivity index (χ4v) is 2.82. The van der Waals surface area contributed by atoms with Crippen LogP contribution in [0.4, 0.5) is 5.69 Å². The Morgan fingerprint density at radius 3 is 2.52 bits per heavy atom. The maximum Gasteiger partial charge on any atom is 0.332 e. The van der Waals surface area contributed by atoms with Crippen molar-refractivity contribution in [3.05, 3.63) is 42.5 Å². The molecule has 0 aromatic heterocycles. The van der Waals surface area contributed by atoms with Gasteiger partial charge < -0.3 is 20.5 Å². The molecule has 1 aliphatic rings. The van der Waals surface area contributed by atoms with Crippen LogP contribution >= 0.6 is 0 Å². The smallest absolute Gasteiger partial charge is 0.332 e. The summed E-state index contributed by atoms with van der Waals surface area (Å²) >= 11 is 0. The van der Waals surface area contributed by atoms with Crippen LogP contribution in [0.1, 0.15) is 12.8 Å². The largest absolute Gasteiger partial charge is 0.479 e. The molecule has 1 saturated heterocycles. The lowest BCUT2D eigenvalue weighted by Crippen LogP contribution is -2.39. The maximum absolute atomic E-state index is 12.1. The number of hydrogen-bond donors (Lipinski definition) is 3. The molecule has 7 nitrogen and oxygen atoms in total. The summed E-state index contributed by atoms with van der Waals surface area (Å²) in [6.07, 6.45) is -1.17. The van der Waals surface area contributed by atoms with Gasteiger partial charge in [-0.1, -0.05) is 36.4 Å². The monoisotopic (exact) mass is 342 g/mol. The molecule has 2 aromatic rings. The highest BCUT2D eigenvalue weighted by molar-refractivity contribution is 6.03. The molecule has 7 heteroatoms. The molecule has 2 amide bonds. The summed E-state index contributed by atoms with van der Waals surface area (Å²) in [6, 6.07) is 13.2. The number of carbonyl (C=O) groups is 3. The molecule has 0 saturated carbocycles. The second-order valence-corrected chi connectivity index (χ2v) is 5.82. The first-order valence-electron chi connectivity index (χ1n) is 7.98. The van der Waals surface area contributed by atoms with E-state index >= 15 is 0 Å². The molecular formula is C18H18N2O5. The number of benzene rings is 2. The first-order valence-corrected chi connectivity index (χ1v) is 7.98. The molecule has 0 radical (unpaired) electrons. The Morgan fingerprint density at radius 1 is 1.04 bits per heavy atom. The van der Waals surface area contributed by atoms with Crippen molar-refractivity contribution in [3.63, 3.8) is 0 Å². The fraction of sp³-hybridized carbons (Fsp3) is 0.278. The molecule has 1 aliphatic heterocycles. The normalized spacial score (nSPS) is 19.5. The topological polar surface area (TPSA) is 105 Å². The van der Waals surface area contributed by atoms with Crippen LogP contribution in [0, 0.1) is 0 Å². The Labute approximate surface area is 144 Å². The van der Waals surface area contributed by atoms with Gasteiger partial charge in [0, 0.05) is 11.1 Å². The minimum atomic E-state index is -1.08. The van der Waals surface area contributed by atoms with Gasteiger partial charge in [0.1, 0.15) is 6.10 Å². The van der Waals surface area contributed by atoms with Gasteiger partial charge in [-0.2, -0.15) is 0 Å². The number of carboxylic acid groups (broad SMARTS) is 1. The van der Waals surface area contributed by atoms with E-state index in [9.17, 15) is 14.4 Å². The molecule has 130 valence electrons. The molecule has 3 N–H and O–H groups in total. The number of rotatable bonds is 5. The van der Waals surface area contributed by atoms with Crippen LogP contribution in [-0.2, 0) is 19.1 Å². The SMILES string of the molecule is O=C(CNC(=O)[C@@H]1CC[C@H](C(=O)O)O1)Nc1cccc2ccccc12. The Balaban J connectivity index is 1.54. The first kappa shape index (κ1) is 16.9. The number of ether oxygens (including phenoxy) is 1. The molecule has 0 unspecified atom stereocenters. The lowest BCUT2D eigenvalue weighted by Gasteiger charge is -2.12. The van der Waals surface area contributed by atoms with Gasteiger partial charge in [-0.25, -0.2) is 4.79 Å². The maximum atomic E-state index is 12.1. The van der Waals surface area contributed by atoms with Crippen LogP contribution in [0.3, 0.4) is 0 Å². The van der Waals surface area contributed by atoms with Crippen molar-refractivity contribution in [2.75, 3.05) is 11.9 Å². The van der Waals surface area contributed by atoms with Crippen molar-refractivity contribution in [1.29, 1.82) is 0 Å². The summed E-state index contributed by atoms with van der Waals surface area (Å²) in [4.78, 5) is 34.9. The van der Waals surface area contributed by atoms with Crippen LogP contribution in [0.25, 0.3) is 10.8 Å². The third kappa shape index (κ3) is 3.95. The van der Waals surface area contributed by atoms with Crippen molar-refractivity contribution < 1.29 is 24.2 Å². The van der Waals surface area contributed by atoms with E-state index in [1.807, 2.05) is 36.4 Å². The number of amides is 2. The van der Waals surface area contributed by atoms with Gasteiger partial charge in [0.05, 0.1) is 6.54 Å². The number of carbonyl (C=O) groups excluding carboxylic acids is 2. The van der Waals surface area contributed by atoms with Crippen molar-refractivity contribution in [3.8, 4) is 0 Å². The Hall–Kier alpha value is -2.93. The minimum absolute atomic E-state index is 0.209. The van der Waals surface area contributed by atoms with Crippen LogP contribution in [0.2, 0.25) is 0 Å². The lowest BCUT2D eigenvalue weighted by molar-refractivity contribution is -0.152. The van der Waals surface area contributed by atoms with Crippen molar-refractivity contribution in [2.45, 2.75) is 25.0 Å². The molecule has 0 spiro atoms.